The number of hydrogen-bond donors (Lipinski definition) is 2. The average molecular weight is 305 g/mol. The molecule has 21 heavy (non-hydrogen) atoms. The SMILES string of the molecule is COc1ccc(NCC(=O)Nc2ccc(Cl)cc2)c(C)c1. The summed E-state index contributed by atoms with van der Waals surface area (Å²) < 4.78 is 5.15. The van der Waals surface area contributed by atoms with Gasteiger partial charge in [0.25, 0.3) is 0 Å². The number of halogens is 1. The largest absolute Gasteiger partial charge is 0.497 e. The molecule has 0 atom stereocenters. The Bertz CT molecular complexity index is 627. The van der Waals surface area contributed by atoms with Crippen molar-refractivity contribution in [3.8, 4) is 5.75 Å². The number of carbonyl (C=O) groups excluding carboxylic acids is 1. The number of anilines is 2. The zero-order valence-electron chi connectivity index (χ0n) is 11.9. The maximum Gasteiger partial charge on any atom is 0.243 e. The summed E-state index contributed by atoms with van der Waals surface area (Å²) in [6.45, 7) is 2.15. The van der Waals surface area contributed by atoms with Crippen LogP contribution in [0.2, 0.25) is 5.02 Å². The third-order valence-electron chi connectivity index (χ3n) is 3.00. The Kier molecular flexibility index (Phi) is 5.06. The van der Waals surface area contributed by atoms with Crippen molar-refractivity contribution in [1.82, 2.24) is 0 Å². The summed E-state index contributed by atoms with van der Waals surface area (Å²) in [5.41, 5.74) is 2.65. The Morgan fingerprint density at radius 2 is 1.90 bits per heavy atom. The van der Waals surface area contributed by atoms with E-state index in [4.69, 9.17) is 16.3 Å². The lowest BCUT2D eigenvalue weighted by molar-refractivity contribution is -0.114. The maximum absolute atomic E-state index is 11.9. The second kappa shape index (κ2) is 6.99. The summed E-state index contributed by atoms with van der Waals surface area (Å²) in [5, 5.41) is 6.54. The fraction of sp³-hybridized carbons (Fsp3) is 0.188. The molecule has 0 heterocycles. The summed E-state index contributed by atoms with van der Waals surface area (Å²) in [4.78, 5) is 11.9. The van der Waals surface area contributed by atoms with Gasteiger partial charge in [-0.15, -0.1) is 0 Å². The molecule has 0 spiro atoms. The molecule has 0 aliphatic rings. The van der Waals surface area contributed by atoms with E-state index in [0.29, 0.717) is 5.02 Å². The smallest absolute Gasteiger partial charge is 0.243 e. The van der Waals surface area contributed by atoms with Gasteiger partial charge in [0.2, 0.25) is 5.91 Å². The second-order valence-electron chi connectivity index (χ2n) is 4.59. The first kappa shape index (κ1) is 15.2. The van der Waals surface area contributed by atoms with E-state index in [0.717, 1.165) is 22.7 Å². The van der Waals surface area contributed by atoms with Crippen LogP contribution in [-0.2, 0) is 4.79 Å². The van der Waals surface area contributed by atoms with Crippen LogP contribution in [0.25, 0.3) is 0 Å². The van der Waals surface area contributed by atoms with Gasteiger partial charge in [0, 0.05) is 16.4 Å². The topological polar surface area (TPSA) is 50.4 Å². The molecule has 5 heteroatoms. The van der Waals surface area contributed by atoms with Gasteiger partial charge in [0.1, 0.15) is 5.75 Å². The van der Waals surface area contributed by atoms with Gasteiger partial charge in [-0.05, 0) is 55.0 Å². The number of amides is 1. The highest BCUT2D eigenvalue weighted by molar-refractivity contribution is 6.30. The summed E-state index contributed by atoms with van der Waals surface area (Å²) >= 11 is 5.80. The van der Waals surface area contributed by atoms with E-state index >= 15 is 0 Å². The first-order valence-corrected chi connectivity index (χ1v) is 6.90. The predicted molar refractivity (Wildman–Crippen MR) is 86.3 cm³/mol. The number of aryl methyl sites for hydroxylation is 1. The molecule has 110 valence electrons. The molecule has 4 nitrogen and oxygen atoms in total. The molecule has 1 amide bonds. The fourth-order valence-electron chi connectivity index (χ4n) is 1.88. The minimum Gasteiger partial charge on any atom is -0.497 e. The molecule has 0 aliphatic carbocycles. The van der Waals surface area contributed by atoms with E-state index in [1.807, 2.05) is 25.1 Å². The number of benzene rings is 2. The van der Waals surface area contributed by atoms with E-state index in [1.165, 1.54) is 0 Å². The van der Waals surface area contributed by atoms with Crippen molar-refractivity contribution in [2.24, 2.45) is 0 Å². The Morgan fingerprint density at radius 1 is 1.19 bits per heavy atom. The van der Waals surface area contributed by atoms with Crippen molar-refractivity contribution >= 4 is 28.9 Å². The molecule has 2 aromatic carbocycles. The molecule has 0 saturated heterocycles. The molecule has 2 aromatic rings. The van der Waals surface area contributed by atoms with Gasteiger partial charge < -0.3 is 15.4 Å². The van der Waals surface area contributed by atoms with Crippen LogP contribution in [0.15, 0.2) is 42.5 Å². The van der Waals surface area contributed by atoms with Crippen molar-refractivity contribution in [2.45, 2.75) is 6.92 Å². The van der Waals surface area contributed by atoms with Crippen LogP contribution in [0, 0.1) is 6.92 Å². The van der Waals surface area contributed by atoms with Crippen LogP contribution >= 0.6 is 11.6 Å². The summed E-state index contributed by atoms with van der Waals surface area (Å²) in [6, 6.07) is 12.7. The van der Waals surface area contributed by atoms with E-state index in [2.05, 4.69) is 10.6 Å². The quantitative estimate of drug-likeness (QED) is 0.885. The Labute approximate surface area is 129 Å². The molecular formula is C16H17ClN2O2. The lowest BCUT2D eigenvalue weighted by Crippen LogP contribution is -2.22. The van der Waals surface area contributed by atoms with Crippen molar-refractivity contribution in [3.05, 3.63) is 53.1 Å². The monoisotopic (exact) mass is 304 g/mol. The number of hydrogen-bond acceptors (Lipinski definition) is 3. The lowest BCUT2D eigenvalue weighted by atomic mass is 10.2. The Balaban J connectivity index is 1.90. The van der Waals surface area contributed by atoms with Gasteiger partial charge in [-0.2, -0.15) is 0 Å². The minimum absolute atomic E-state index is 0.118. The minimum atomic E-state index is -0.118. The highest BCUT2D eigenvalue weighted by Gasteiger charge is 2.04. The van der Waals surface area contributed by atoms with Crippen molar-refractivity contribution < 1.29 is 9.53 Å². The molecule has 0 saturated carbocycles. The van der Waals surface area contributed by atoms with Gasteiger partial charge in [-0.1, -0.05) is 11.6 Å². The molecule has 0 aromatic heterocycles. The Hall–Kier alpha value is -2.20. The number of methoxy groups -OCH3 is 1. The molecule has 2 rings (SSSR count). The maximum atomic E-state index is 11.9. The first-order chi connectivity index (χ1) is 10.1. The van der Waals surface area contributed by atoms with Gasteiger partial charge in [0.05, 0.1) is 13.7 Å². The van der Waals surface area contributed by atoms with E-state index < -0.39 is 0 Å². The second-order valence-corrected chi connectivity index (χ2v) is 5.03. The van der Waals surface area contributed by atoms with Crippen molar-refractivity contribution in [3.63, 3.8) is 0 Å². The summed E-state index contributed by atoms with van der Waals surface area (Å²) in [7, 11) is 1.63. The molecule has 2 N–H and O–H groups in total. The van der Waals surface area contributed by atoms with E-state index in [9.17, 15) is 4.79 Å². The predicted octanol–water partition coefficient (Wildman–Crippen LogP) is 3.71. The Morgan fingerprint density at radius 3 is 2.52 bits per heavy atom. The third kappa shape index (κ3) is 4.39. The summed E-state index contributed by atoms with van der Waals surface area (Å²) in [5.74, 6) is 0.677. The van der Waals surface area contributed by atoms with Crippen LogP contribution < -0.4 is 15.4 Å². The number of ether oxygens (including phenoxy) is 1. The molecule has 0 radical (unpaired) electrons. The lowest BCUT2D eigenvalue weighted by Gasteiger charge is -2.11. The van der Waals surface area contributed by atoms with Gasteiger partial charge >= 0.3 is 0 Å². The van der Waals surface area contributed by atoms with Gasteiger partial charge in [0.15, 0.2) is 0 Å². The number of nitrogens with one attached hydrogen (secondary N) is 2. The van der Waals surface area contributed by atoms with E-state index in [-0.39, 0.29) is 12.5 Å². The molecule has 0 aliphatic heterocycles. The van der Waals surface area contributed by atoms with Crippen LogP contribution in [0.1, 0.15) is 5.56 Å². The van der Waals surface area contributed by atoms with E-state index in [1.54, 1.807) is 31.4 Å². The first-order valence-electron chi connectivity index (χ1n) is 6.52. The highest BCUT2D eigenvalue weighted by Crippen LogP contribution is 2.20. The molecule has 0 fully saturated rings. The number of rotatable bonds is 5. The van der Waals surface area contributed by atoms with Gasteiger partial charge in [-0.25, -0.2) is 0 Å². The summed E-state index contributed by atoms with van der Waals surface area (Å²) in [6.07, 6.45) is 0. The van der Waals surface area contributed by atoms with Crippen LogP contribution in [0.3, 0.4) is 0 Å². The average Bonchev–Trinajstić information content (AvgIpc) is 2.48. The fourth-order valence-corrected chi connectivity index (χ4v) is 2.00. The van der Waals surface area contributed by atoms with Gasteiger partial charge in [-0.3, -0.25) is 4.79 Å². The van der Waals surface area contributed by atoms with Crippen LogP contribution in [0.5, 0.6) is 5.75 Å². The molecule has 0 unspecified atom stereocenters. The molecule has 0 bridgehead atoms. The van der Waals surface area contributed by atoms with Crippen LogP contribution in [0.4, 0.5) is 11.4 Å². The van der Waals surface area contributed by atoms with Crippen LogP contribution in [-0.4, -0.2) is 19.6 Å². The molecular weight excluding hydrogens is 288 g/mol. The van der Waals surface area contributed by atoms with Crippen molar-refractivity contribution in [1.29, 1.82) is 0 Å². The number of carbonyl (C=O) groups is 1. The standard InChI is InChI=1S/C16H17ClN2O2/c1-11-9-14(21-2)7-8-15(11)18-10-16(20)19-13-5-3-12(17)4-6-13/h3-9,18H,10H2,1-2H3,(H,19,20). The third-order valence-corrected chi connectivity index (χ3v) is 3.25. The zero-order chi connectivity index (χ0) is 15.2. The van der Waals surface area contributed by atoms with Crippen molar-refractivity contribution in [2.75, 3.05) is 24.3 Å². The normalized spacial score (nSPS) is 10.0. The highest BCUT2D eigenvalue weighted by atomic mass is 35.5. The zero-order valence-corrected chi connectivity index (χ0v) is 12.7.